The van der Waals surface area contributed by atoms with Crippen LogP contribution in [-0.4, -0.2) is 6.04 Å². The Bertz CT molecular complexity index is 584. The molecule has 2 N–H and O–H groups in total. The van der Waals surface area contributed by atoms with Gasteiger partial charge in [0.15, 0.2) is 0 Å². The molecule has 2 aromatic carbocycles. The van der Waals surface area contributed by atoms with Crippen molar-refractivity contribution >= 4 is 31.9 Å². The Labute approximate surface area is 136 Å². The molecule has 0 radical (unpaired) electrons. The molecular formula is C16H17Br2NO. The molecule has 0 aromatic heterocycles. The number of benzene rings is 2. The Kier molecular flexibility index (Phi) is 5.64. The van der Waals surface area contributed by atoms with Crippen LogP contribution in [0.1, 0.15) is 18.1 Å². The van der Waals surface area contributed by atoms with E-state index in [-0.39, 0.29) is 6.04 Å². The average molecular weight is 399 g/mol. The van der Waals surface area contributed by atoms with E-state index in [1.165, 1.54) is 0 Å². The standard InChI is InChI=1S/C16H17Br2NO/c1-11(19)9-12-6-4-8-15(18)16(12)20-10-13-5-2-3-7-14(13)17/h2-8,11H,9-10,19H2,1H3. The molecule has 0 aliphatic rings. The van der Waals surface area contributed by atoms with Gasteiger partial charge in [-0.25, -0.2) is 0 Å². The fourth-order valence-corrected chi connectivity index (χ4v) is 2.91. The van der Waals surface area contributed by atoms with Gasteiger partial charge in [-0.2, -0.15) is 0 Å². The first-order valence-corrected chi connectivity index (χ1v) is 8.05. The molecule has 0 aliphatic carbocycles. The van der Waals surface area contributed by atoms with Gasteiger partial charge < -0.3 is 10.5 Å². The smallest absolute Gasteiger partial charge is 0.137 e. The molecule has 2 rings (SSSR count). The Morgan fingerprint density at radius 1 is 1.00 bits per heavy atom. The summed E-state index contributed by atoms with van der Waals surface area (Å²) in [6.07, 6.45) is 0.796. The maximum atomic E-state index is 6.00. The molecule has 0 fully saturated rings. The normalized spacial score (nSPS) is 12.2. The highest BCUT2D eigenvalue weighted by Crippen LogP contribution is 2.31. The van der Waals surface area contributed by atoms with Crippen molar-refractivity contribution in [3.05, 3.63) is 62.5 Å². The lowest BCUT2D eigenvalue weighted by atomic mass is 10.1. The summed E-state index contributed by atoms with van der Waals surface area (Å²) >= 11 is 7.09. The number of hydrogen-bond donors (Lipinski definition) is 1. The number of halogens is 2. The van der Waals surface area contributed by atoms with E-state index < -0.39 is 0 Å². The van der Waals surface area contributed by atoms with Crippen LogP contribution in [0.25, 0.3) is 0 Å². The molecule has 20 heavy (non-hydrogen) atoms. The van der Waals surface area contributed by atoms with Crippen molar-refractivity contribution in [1.29, 1.82) is 0 Å². The number of hydrogen-bond acceptors (Lipinski definition) is 2. The molecule has 1 unspecified atom stereocenters. The van der Waals surface area contributed by atoms with Crippen LogP contribution >= 0.6 is 31.9 Å². The Balaban J connectivity index is 2.18. The first-order valence-electron chi connectivity index (χ1n) is 6.47. The molecule has 0 spiro atoms. The molecular weight excluding hydrogens is 382 g/mol. The molecule has 0 heterocycles. The monoisotopic (exact) mass is 397 g/mol. The highest BCUT2D eigenvalue weighted by molar-refractivity contribution is 9.10. The summed E-state index contributed by atoms with van der Waals surface area (Å²) in [5.41, 5.74) is 8.14. The zero-order valence-electron chi connectivity index (χ0n) is 11.3. The lowest BCUT2D eigenvalue weighted by molar-refractivity contribution is 0.299. The summed E-state index contributed by atoms with van der Waals surface area (Å²) in [5, 5.41) is 0. The van der Waals surface area contributed by atoms with E-state index in [0.717, 1.165) is 32.2 Å². The van der Waals surface area contributed by atoms with Crippen molar-refractivity contribution in [2.45, 2.75) is 26.0 Å². The largest absolute Gasteiger partial charge is 0.487 e. The van der Waals surface area contributed by atoms with Gasteiger partial charge in [0.2, 0.25) is 0 Å². The van der Waals surface area contributed by atoms with Gasteiger partial charge in [0, 0.05) is 16.1 Å². The lowest BCUT2D eigenvalue weighted by Gasteiger charge is -2.15. The molecule has 4 heteroatoms. The molecule has 0 saturated carbocycles. The fourth-order valence-electron chi connectivity index (χ4n) is 1.99. The second kappa shape index (κ2) is 7.25. The molecule has 2 nitrogen and oxygen atoms in total. The van der Waals surface area contributed by atoms with E-state index in [0.29, 0.717) is 6.61 Å². The highest BCUT2D eigenvalue weighted by Gasteiger charge is 2.10. The third-order valence-electron chi connectivity index (χ3n) is 2.92. The summed E-state index contributed by atoms with van der Waals surface area (Å²) in [6, 6.07) is 14.2. The third-order valence-corrected chi connectivity index (χ3v) is 4.32. The minimum absolute atomic E-state index is 0.107. The van der Waals surface area contributed by atoms with Gasteiger partial charge >= 0.3 is 0 Å². The second-order valence-electron chi connectivity index (χ2n) is 4.79. The second-order valence-corrected chi connectivity index (χ2v) is 6.50. The van der Waals surface area contributed by atoms with E-state index >= 15 is 0 Å². The van der Waals surface area contributed by atoms with Crippen LogP contribution in [0.3, 0.4) is 0 Å². The Hall–Kier alpha value is -0.840. The molecule has 1 atom stereocenters. The minimum Gasteiger partial charge on any atom is -0.487 e. The van der Waals surface area contributed by atoms with Crippen LogP contribution < -0.4 is 10.5 Å². The van der Waals surface area contributed by atoms with Crippen LogP contribution in [0.5, 0.6) is 5.75 Å². The summed E-state index contributed by atoms with van der Waals surface area (Å²) in [4.78, 5) is 0. The van der Waals surface area contributed by atoms with E-state index in [4.69, 9.17) is 10.5 Å². The van der Waals surface area contributed by atoms with Crippen molar-refractivity contribution in [2.24, 2.45) is 5.73 Å². The maximum absolute atomic E-state index is 6.00. The summed E-state index contributed by atoms with van der Waals surface area (Å²) < 4.78 is 8.02. The van der Waals surface area contributed by atoms with E-state index in [9.17, 15) is 0 Å². The van der Waals surface area contributed by atoms with E-state index in [1.807, 2.05) is 43.3 Å². The van der Waals surface area contributed by atoms with Gasteiger partial charge in [-0.1, -0.05) is 46.3 Å². The summed E-state index contributed by atoms with van der Waals surface area (Å²) in [5.74, 6) is 0.876. The van der Waals surface area contributed by atoms with Crippen molar-refractivity contribution in [1.82, 2.24) is 0 Å². The molecule has 0 saturated heterocycles. The maximum Gasteiger partial charge on any atom is 0.137 e. The lowest BCUT2D eigenvalue weighted by Crippen LogP contribution is -2.18. The molecule has 106 valence electrons. The Morgan fingerprint density at radius 2 is 1.65 bits per heavy atom. The van der Waals surface area contributed by atoms with E-state index in [1.54, 1.807) is 0 Å². The predicted octanol–water partition coefficient (Wildman–Crippen LogP) is 4.68. The highest BCUT2D eigenvalue weighted by atomic mass is 79.9. The summed E-state index contributed by atoms with van der Waals surface area (Å²) in [6.45, 7) is 2.52. The molecule has 0 amide bonds. The number of para-hydroxylation sites is 1. The number of rotatable bonds is 5. The number of nitrogens with two attached hydrogens (primary N) is 1. The van der Waals surface area contributed by atoms with E-state index in [2.05, 4.69) is 37.9 Å². The molecule has 0 aliphatic heterocycles. The van der Waals surface area contributed by atoms with Gasteiger partial charge in [-0.15, -0.1) is 0 Å². The zero-order valence-corrected chi connectivity index (χ0v) is 14.4. The van der Waals surface area contributed by atoms with Gasteiger partial charge in [-0.05, 0) is 47.0 Å². The van der Waals surface area contributed by atoms with Crippen LogP contribution in [0.15, 0.2) is 51.4 Å². The van der Waals surface area contributed by atoms with Crippen molar-refractivity contribution in [2.75, 3.05) is 0 Å². The van der Waals surface area contributed by atoms with Gasteiger partial charge in [0.25, 0.3) is 0 Å². The molecule has 0 bridgehead atoms. The predicted molar refractivity (Wildman–Crippen MR) is 90.0 cm³/mol. The van der Waals surface area contributed by atoms with Crippen LogP contribution in [0, 0.1) is 0 Å². The topological polar surface area (TPSA) is 35.2 Å². The minimum atomic E-state index is 0.107. The van der Waals surface area contributed by atoms with Crippen LogP contribution in [0.2, 0.25) is 0 Å². The average Bonchev–Trinajstić information content (AvgIpc) is 2.39. The van der Waals surface area contributed by atoms with Crippen molar-refractivity contribution in [3.63, 3.8) is 0 Å². The Morgan fingerprint density at radius 3 is 2.35 bits per heavy atom. The zero-order chi connectivity index (χ0) is 14.5. The number of ether oxygens (including phenoxy) is 1. The SMILES string of the molecule is CC(N)Cc1cccc(Br)c1OCc1ccccc1Br. The van der Waals surface area contributed by atoms with Gasteiger partial charge in [0.05, 0.1) is 4.47 Å². The summed E-state index contributed by atoms with van der Waals surface area (Å²) in [7, 11) is 0. The molecule has 2 aromatic rings. The van der Waals surface area contributed by atoms with Gasteiger partial charge in [0.1, 0.15) is 12.4 Å². The quantitative estimate of drug-likeness (QED) is 0.793. The third kappa shape index (κ3) is 4.08. The van der Waals surface area contributed by atoms with Gasteiger partial charge in [-0.3, -0.25) is 0 Å². The first kappa shape index (κ1) is 15.5. The first-order chi connectivity index (χ1) is 9.58. The van der Waals surface area contributed by atoms with Crippen LogP contribution in [-0.2, 0) is 13.0 Å². The van der Waals surface area contributed by atoms with Crippen LogP contribution in [0.4, 0.5) is 0 Å². The van der Waals surface area contributed by atoms with Crippen molar-refractivity contribution < 1.29 is 4.74 Å². The fraction of sp³-hybridized carbons (Fsp3) is 0.250. The van der Waals surface area contributed by atoms with Crippen molar-refractivity contribution in [3.8, 4) is 5.75 Å².